The van der Waals surface area contributed by atoms with Crippen LogP contribution < -0.4 is 4.74 Å². The summed E-state index contributed by atoms with van der Waals surface area (Å²) < 4.78 is 5.89. The van der Waals surface area contributed by atoms with Crippen molar-refractivity contribution in [1.29, 1.82) is 0 Å². The summed E-state index contributed by atoms with van der Waals surface area (Å²) in [5.41, 5.74) is 1.27. The molecule has 19 heavy (non-hydrogen) atoms. The van der Waals surface area contributed by atoms with Crippen LogP contribution in [-0.4, -0.2) is 18.4 Å². The van der Waals surface area contributed by atoms with Crippen LogP contribution in [0.1, 0.15) is 5.56 Å². The zero-order chi connectivity index (χ0) is 13.8. The molecule has 0 saturated heterocycles. The van der Waals surface area contributed by atoms with Gasteiger partial charge in [0.15, 0.2) is 0 Å². The van der Waals surface area contributed by atoms with E-state index < -0.39 is 0 Å². The van der Waals surface area contributed by atoms with Gasteiger partial charge in [0.2, 0.25) is 0 Å². The number of hydrogen-bond acceptors (Lipinski definition) is 3. The number of para-hydroxylation sites is 2. The normalized spacial score (nSPS) is 10.9. The molecule has 0 fully saturated rings. The Labute approximate surface area is 130 Å². The van der Waals surface area contributed by atoms with Crippen LogP contribution in [0.25, 0.3) is 0 Å². The summed E-state index contributed by atoms with van der Waals surface area (Å²) in [6.07, 6.45) is 1.57. The standard InChI is InChI=1S/C14H11ClINO2/c1-19-13-5-3-2-4-12(13)17-8-9-6-10(15)7-11(16)14(9)18/h2-8,18H,1H3. The summed E-state index contributed by atoms with van der Waals surface area (Å²) in [7, 11) is 1.59. The fourth-order valence-electron chi connectivity index (χ4n) is 1.56. The van der Waals surface area contributed by atoms with E-state index in [-0.39, 0.29) is 5.75 Å². The van der Waals surface area contributed by atoms with E-state index in [2.05, 4.69) is 4.99 Å². The first-order valence-corrected chi connectivity index (χ1v) is 6.92. The fourth-order valence-corrected chi connectivity index (χ4v) is 2.62. The second-order valence-electron chi connectivity index (χ2n) is 3.76. The first-order valence-electron chi connectivity index (χ1n) is 5.47. The van der Waals surface area contributed by atoms with Gasteiger partial charge in [-0.25, -0.2) is 0 Å². The molecule has 0 atom stereocenters. The highest BCUT2D eigenvalue weighted by molar-refractivity contribution is 14.1. The second kappa shape index (κ2) is 6.25. The lowest BCUT2D eigenvalue weighted by Crippen LogP contribution is -1.87. The number of aliphatic imine (C=N–C) groups is 1. The third-order valence-corrected chi connectivity index (χ3v) is 3.53. The molecule has 3 nitrogen and oxygen atoms in total. The molecular formula is C14H11ClINO2. The molecule has 0 spiro atoms. The quantitative estimate of drug-likeness (QED) is 0.626. The number of halogens is 2. The van der Waals surface area contributed by atoms with Crippen LogP contribution >= 0.6 is 34.2 Å². The van der Waals surface area contributed by atoms with Gasteiger partial charge in [-0.2, -0.15) is 0 Å². The first kappa shape index (κ1) is 14.1. The van der Waals surface area contributed by atoms with Gasteiger partial charge in [0.05, 0.1) is 10.7 Å². The lowest BCUT2D eigenvalue weighted by Gasteiger charge is -2.04. The molecule has 98 valence electrons. The van der Waals surface area contributed by atoms with E-state index in [9.17, 15) is 5.11 Å². The molecule has 0 aliphatic carbocycles. The van der Waals surface area contributed by atoms with Crippen LogP contribution in [0.2, 0.25) is 5.02 Å². The Hall–Kier alpha value is -1.27. The minimum atomic E-state index is 0.170. The van der Waals surface area contributed by atoms with Crippen molar-refractivity contribution in [3.8, 4) is 11.5 Å². The highest BCUT2D eigenvalue weighted by Gasteiger charge is 2.06. The van der Waals surface area contributed by atoms with Gasteiger partial charge < -0.3 is 9.84 Å². The topological polar surface area (TPSA) is 41.8 Å². The molecule has 0 bridgehead atoms. The van der Waals surface area contributed by atoms with Crippen LogP contribution in [0.3, 0.4) is 0 Å². The van der Waals surface area contributed by atoms with Crippen molar-refractivity contribution in [2.45, 2.75) is 0 Å². The highest BCUT2D eigenvalue weighted by Crippen LogP contribution is 2.29. The van der Waals surface area contributed by atoms with E-state index in [1.165, 1.54) is 0 Å². The first-order chi connectivity index (χ1) is 9.11. The summed E-state index contributed by atoms with van der Waals surface area (Å²) in [5, 5.41) is 10.5. The van der Waals surface area contributed by atoms with Crippen molar-refractivity contribution in [3.63, 3.8) is 0 Å². The summed E-state index contributed by atoms with van der Waals surface area (Å²) in [6.45, 7) is 0. The molecule has 5 heteroatoms. The van der Waals surface area contributed by atoms with E-state index >= 15 is 0 Å². The summed E-state index contributed by atoms with van der Waals surface area (Å²) in [4.78, 5) is 4.32. The van der Waals surface area contributed by atoms with Gasteiger partial charge in [-0.05, 0) is 46.9 Å². The zero-order valence-corrected chi connectivity index (χ0v) is 13.0. The van der Waals surface area contributed by atoms with E-state index in [0.29, 0.717) is 25.6 Å². The minimum Gasteiger partial charge on any atom is -0.506 e. The van der Waals surface area contributed by atoms with Crippen molar-refractivity contribution in [2.24, 2.45) is 4.99 Å². The molecule has 0 saturated carbocycles. The van der Waals surface area contributed by atoms with E-state index in [1.807, 2.05) is 46.9 Å². The van der Waals surface area contributed by atoms with Crippen molar-refractivity contribution in [2.75, 3.05) is 7.11 Å². The molecule has 2 aromatic rings. The van der Waals surface area contributed by atoms with Gasteiger partial charge in [0.25, 0.3) is 0 Å². The SMILES string of the molecule is COc1ccccc1N=Cc1cc(Cl)cc(I)c1O. The lowest BCUT2D eigenvalue weighted by atomic mass is 10.2. The van der Waals surface area contributed by atoms with Crippen molar-refractivity contribution >= 4 is 46.1 Å². The number of phenolic OH excluding ortho intramolecular Hbond substituents is 1. The molecule has 0 aromatic heterocycles. The number of benzene rings is 2. The summed E-state index contributed by atoms with van der Waals surface area (Å²) >= 11 is 7.98. The Morgan fingerprint density at radius 2 is 2.05 bits per heavy atom. The van der Waals surface area contributed by atoms with E-state index in [4.69, 9.17) is 16.3 Å². The molecule has 0 aliphatic heterocycles. The van der Waals surface area contributed by atoms with E-state index in [1.54, 1.807) is 25.5 Å². The summed E-state index contributed by atoms with van der Waals surface area (Å²) in [5.74, 6) is 0.846. The molecule has 2 aromatic carbocycles. The fraction of sp³-hybridized carbons (Fsp3) is 0.0714. The minimum absolute atomic E-state index is 0.170. The van der Waals surface area contributed by atoms with Crippen LogP contribution in [-0.2, 0) is 0 Å². The number of nitrogens with zero attached hydrogens (tertiary/aromatic N) is 1. The molecule has 0 heterocycles. The van der Waals surface area contributed by atoms with Gasteiger partial charge in [0.1, 0.15) is 17.2 Å². The van der Waals surface area contributed by atoms with Crippen LogP contribution in [0.4, 0.5) is 5.69 Å². The summed E-state index contributed by atoms with van der Waals surface area (Å²) in [6, 6.07) is 10.8. The monoisotopic (exact) mass is 387 g/mol. The Morgan fingerprint density at radius 3 is 2.79 bits per heavy atom. The van der Waals surface area contributed by atoms with Crippen molar-refractivity contribution < 1.29 is 9.84 Å². The van der Waals surface area contributed by atoms with Gasteiger partial charge in [-0.3, -0.25) is 4.99 Å². The number of phenols is 1. The molecule has 0 radical (unpaired) electrons. The average Bonchev–Trinajstić information content (AvgIpc) is 2.41. The smallest absolute Gasteiger partial charge is 0.144 e. The van der Waals surface area contributed by atoms with Gasteiger partial charge >= 0.3 is 0 Å². The number of ether oxygens (including phenoxy) is 1. The third-order valence-electron chi connectivity index (χ3n) is 2.49. The van der Waals surface area contributed by atoms with Crippen LogP contribution in [0.5, 0.6) is 11.5 Å². The van der Waals surface area contributed by atoms with Crippen molar-refractivity contribution in [1.82, 2.24) is 0 Å². The predicted molar refractivity (Wildman–Crippen MR) is 86.1 cm³/mol. The molecule has 0 unspecified atom stereocenters. The molecule has 0 amide bonds. The zero-order valence-electron chi connectivity index (χ0n) is 10.1. The average molecular weight is 388 g/mol. The maximum absolute atomic E-state index is 9.94. The Morgan fingerprint density at radius 1 is 1.32 bits per heavy atom. The number of hydrogen-bond donors (Lipinski definition) is 1. The van der Waals surface area contributed by atoms with Gasteiger partial charge in [0, 0.05) is 16.8 Å². The van der Waals surface area contributed by atoms with Crippen LogP contribution in [0.15, 0.2) is 41.4 Å². The van der Waals surface area contributed by atoms with Gasteiger partial charge in [-0.15, -0.1) is 0 Å². The van der Waals surface area contributed by atoms with Crippen LogP contribution in [0, 0.1) is 3.57 Å². The maximum Gasteiger partial charge on any atom is 0.144 e. The number of aromatic hydroxyl groups is 1. The third kappa shape index (κ3) is 3.39. The predicted octanol–water partition coefficient (Wildman–Crippen LogP) is 4.41. The lowest BCUT2D eigenvalue weighted by molar-refractivity contribution is 0.416. The largest absolute Gasteiger partial charge is 0.506 e. The van der Waals surface area contributed by atoms with Crippen molar-refractivity contribution in [3.05, 3.63) is 50.6 Å². The molecular weight excluding hydrogens is 377 g/mol. The Kier molecular flexibility index (Phi) is 4.66. The Bertz CT molecular complexity index is 629. The van der Waals surface area contributed by atoms with Gasteiger partial charge in [-0.1, -0.05) is 23.7 Å². The highest BCUT2D eigenvalue weighted by atomic mass is 127. The van der Waals surface area contributed by atoms with E-state index in [0.717, 1.165) is 0 Å². The Balaban J connectivity index is 2.38. The second-order valence-corrected chi connectivity index (χ2v) is 5.35. The molecule has 1 N–H and O–H groups in total. The molecule has 0 aliphatic rings. The maximum atomic E-state index is 9.94. The molecule has 2 rings (SSSR count). The number of methoxy groups -OCH3 is 1. The number of rotatable bonds is 3.